The van der Waals surface area contributed by atoms with Crippen LogP contribution in [0.15, 0.2) is 29.2 Å². The molecule has 2 rings (SSSR count). The fraction of sp³-hybridized carbons (Fsp3) is 0.333. The molecule has 1 aromatic rings. The predicted octanol–water partition coefficient (Wildman–Crippen LogP) is 1.89. The normalized spacial score (nSPS) is 16.6. The van der Waals surface area contributed by atoms with Crippen molar-refractivity contribution in [3.05, 3.63) is 24.3 Å². The van der Waals surface area contributed by atoms with Gasteiger partial charge in [0.25, 0.3) is 0 Å². The molecule has 1 fully saturated rings. The van der Waals surface area contributed by atoms with E-state index in [1.165, 1.54) is 24.3 Å². The SMILES string of the molecule is O=S(=O)(F)c1ccc(OC2CC2)cc1. The maximum absolute atomic E-state index is 12.5. The fourth-order valence-corrected chi connectivity index (χ4v) is 1.52. The first kappa shape index (κ1) is 9.45. The molecule has 1 aromatic carbocycles. The zero-order chi connectivity index (χ0) is 10.2. The van der Waals surface area contributed by atoms with Gasteiger partial charge in [0.2, 0.25) is 0 Å². The van der Waals surface area contributed by atoms with E-state index in [1.54, 1.807) is 0 Å². The topological polar surface area (TPSA) is 43.4 Å². The molecule has 1 aliphatic rings. The van der Waals surface area contributed by atoms with Crippen molar-refractivity contribution in [2.24, 2.45) is 0 Å². The van der Waals surface area contributed by atoms with E-state index in [2.05, 4.69) is 0 Å². The second kappa shape index (κ2) is 3.24. The van der Waals surface area contributed by atoms with Gasteiger partial charge in [-0.2, -0.15) is 8.42 Å². The Morgan fingerprint density at radius 2 is 1.79 bits per heavy atom. The second-order valence-electron chi connectivity index (χ2n) is 3.23. The molecule has 0 atom stereocenters. The number of benzene rings is 1. The molecule has 0 saturated heterocycles. The van der Waals surface area contributed by atoms with Gasteiger partial charge in [-0.3, -0.25) is 0 Å². The molecule has 5 heteroatoms. The predicted molar refractivity (Wildman–Crippen MR) is 48.4 cm³/mol. The third kappa shape index (κ3) is 2.23. The standard InChI is InChI=1S/C9H9FO3S/c10-14(11,12)9-5-3-8(4-6-9)13-7-1-2-7/h3-7H,1-2H2. The van der Waals surface area contributed by atoms with Crippen molar-refractivity contribution in [1.29, 1.82) is 0 Å². The summed E-state index contributed by atoms with van der Waals surface area (Å²) in [4.78, 5) is -0.333. The molecule has 3 nitrogen and oxygen atoms in total. The zero-order valence-corrected chi connectivity index (χ0v) is 8.13. The first-order valence-electron chi connectivity index (χ1n) is 4.27. The van der Waals surface area contributed by atoms with E-state index in [0.717, 1.165) is 12.8 Å². The van der Waals surface area contributed by atoms with E-state index in [-0.39, 0.29) is 11.0 Å². The highest BCUT2D eigenvalue weighted by molar-refractivity contribution is 7.86. The molecule has 0 bridgehead atoms. The molecule has 0 aliphatic heterocycles. The van der Waals surface area contributed by atoms with Crippen LogP contribution in [0.4, 0.5) is 3.89 Å². The van der Waals surface area contributed by atoms with Crippen LogP contribution in [-0.4, -0.2) is 14.5 Å². The number of rotatable bonds is 3. The summed E-state index contributed by atoms with van der Waals surface area (Å²) in [6, 6.07) is 5.33. The lowest BCUT2D eigenvalue weighted by Crippen LogP contribution is -1.96. The van der Waals surface area contributed by atoms with Crippen molar-refractivity contribution in [2.75, 3.05) is 0 Å². The number of halogens is 1. The summed E-state index contributed by atoms with van der Waals surface area (Å²) in [6.45, 7) is 0. The van der Waals surface area contributed by atoms with E-state index in [4.69, 9.17) is 4.74 Å². The van der Waals surface area contributed by atoms with Crippen LogP contribution in [0, 0.1) is 0 Å². The van der Waals surface area contributed by atoms with Gasteiger partial charge in [0, 0.05) is 0 Å². The van der Waals surface area contributed by atoms with Crippen LogP contribution in [0.2, 0.25) is 0 Å². The highest BCUT2D eigenvalue weighted by Gasteiger charge is 2.23. The maximum Gasteiger partial charge on any atom is 0.332 e. The van der Waals surface area contributed by atoms with Gasteiger partial charge in [0.05, 0.1) is 11.0 Å². The van der Waals surface area contributed by atoms with Crippen molar-refractivity contribution >= 4 is 10.2 Å². The summed E-state index contributed by atoms with van der Waals surface area (Å²) in [6.07, 6.45) is 2.31. The molecular weight excluding hydrogens is 207 g/mol. The maximum atomic E-state index is 12.5. The van der Waals surface area contributed by atoms with Gasteiger partial charge in [-0.25, -0.2) is 0 Å². The number of hydrogen-bond acceptors (Lipinski definition) is 3. The average Bonchev–Trinajstić information content (AvgIpc) is 2.88. The Hall–Kier alpha value is -1.10. The second-order valence-corrected chi connectivity index (χ2v) is 4.57. The molecule has 0 unspecified atom stereocenters. The van der Waals surface area contributed by atoms with Crippen molar-refractivity contribution < 1.29 is 17.0 Å². The molecule has 14 heavy (non-hydrogen) atoms. The van der Waals surface area contributed by atoms with E-state index >= 15 is 0 Å². The third-order valence-electron chi connectivity index (χ3n) is 1.93. The highest BCUT2D eigenvalue weighted by atomic mass is 32.3. The minimum absolute atomic E-state index is 0.253. The van der Waals surface area contributed by atoms with Gasteiger partial charge in [-0.1, -0.05) is 0 Å². The molecule has 0 amide bonds. The van der Waals surface area contributed by atoms with Crippen molar-refractivity contribution in [3.63, 3.8) is 0 Å². The summed E-state index contributed by atoms with van der Waals surface area (Å²) in [5, 5.41) is 0. The minimum atomic E-state index is -4.59. The Kier molecular flexibility index (Phi) is 2.19. The molecular formula is C9H9FO3S. The monoisotopic (exact) mass is 216 g/mol. The highest BCUT2D eigenvalue weighted by Crippen LogP contribution is 2.27. The quantitative estimate of drug-likeness (QED) is 0.724. The Bertz CT molecular complexity index is 420. The van der Waals surface area contributed by atoms with Gasteiger partial charge in [0.1, 0.15) is 5.75 Å². The molecule has 0 spiro atoms. The van der Waals surface area contributed by atoms with Crippen LogP contribution < -0.4 is 4.74 Å². The molecule has 0 radical (unpaired) electrons. The van der Waals surface area contributed by atoms with Gasteiger partial charge < -0.3 is 4.74 Å². The van der Waals surface area contributed by atoms with Gasteiger partial charge in [-0.05, 0) is 37.1 Å². The zero-order valence-electron chi connectivity index (χ0n) is 7.31. The van der Waals surface area contributed by atoms with Crippen LogP contribution >= 0.6 is 0 Å². The molecule has 0 N–H and O–H groups in total. The van der Waals surface area contributed by atoms with Gasteiger partial charge in [0.15, 0.2) is 0 Å². The largest absolute Gasteiger partial charge is 0.490 e. The van der Waals surface area contributed by atoms with E-state index in [9.17, 15) is 12.3 Å². The Morgan fingerprint density at radius 1 is 1.21 bits per heavy atom. The summed E-state index contributed by atoms with van der Waals surface area (Å²) < 4.78 is 38.8. The lowest BCUT2D eigenvalue weighted by atomic mass is 10.3. The van der Waals surface area contributed by atoms with E-state index in [1.807, 2.05) is 0 Å². The first-order chi connectivity index (χ1) is 6.55. The van der Waals surface area contributed by atoms with Gasteiger partial charge in [-0.15, -0.1) is 3.89 Å². The Labute approximate surface area is 81.7 Å². The third-order valence-corrected chi connectivity index (χ3v) is 2.77. The van der Waals surface area contributed by atoms with E-state index in [0.29, 0.717) is 5.75 Å². The summed E-state index contributed by atoms with van der Waals surface area (Å²) in [5.41, 5.74) is 0. The summed E-state index contributed by atoms with van der Waals surface area (Å²) >= 11 is 0. The Morgan fingerprint density at radius 3 is 2.21 bits per heavy atom. The van der Waals surface area contributed by atoms with Crippen LogP contribution in [-0.2, 0) is 10.2 Å². The van der Waals surface area contributed by atoms with Crippen LogP contribution in [0.1, 0.15) is 12.8 Å². The van der Waals surface area contributed by atoms with Crippen LogP contribution in [0.3, 0.4) is 0 Å². The Balaban J connectivity index is 2.16. The molecule has 76 valence electrons. The molecule has 1 saturated carbocycles. The molecule has 0 aromatic heterocycles. The minimum Gasteiger partial charge on any atom is -0.490 e. The lowest BCUT2D eigenvalue weighted by Gasteiger charge is -2.03. The number of hydrogen-bond donors (Lipinski definition) is 0. The first-order valence-corrected chi connectivity index (χ1v) is 5.65. The fourth-order valence-electron chi connectivity index (χ4n) is 1.06. The molecule has 0 heterocycles. The van der Waals surface area contributed by atoms with Crippen LogP contribution in [0.5, 0.6) is 5.75 Å². The summed E-state index contributed by atoms with van der Waals surface area (Å²) in [7, 11) is -4.59. The van der Waals surface area contributed by atoms with Crippen molar-refractivity contribution in [1.82, 2.24) is 0 Å². The van der Waals surface area contributed by atoms with Gasteiger partial charge >= 0.3 is 10.2 Å². The number of ether oxygens (including phenoxy) is 1. The summed E-state index contributed by atoms with van der Waals surface area (Å²) in [5.74, 6) is 0.583. The van der Waals surface area contributed by atoms with Crippen molar-refractivity contribution in [3.8, 4) is 5.75 Å². The smallest absolute Gasteiger partial charge is 0.332 e. The van der Waals surface area contributed by atoms with Crippen molar-refractivity contribution in [2.45, 2.75) is 23.8 Å². The molecule has 1 aliphatic carbocycles. The van der Waals surface area contributed by atoms with Crippen LogP contribution in [0.25, 0.3) is 0 Å². The average molecular weight is 216 g/mol. The van der Waals surface area contributed by atoms with E-state index < -0.39 is 10.2 Å². The lowest BCUT2D eigenvalue weighted by molar-refractivity contribution is 0.303.